The topological polar surface area (TPSA) is 95.9 Å². The fraction of sp³-hybridized carbons (Fsp3) is 0.429. The van der Waals surface area contributed by atoms with E-state index in [4.69, 9.17) is 9.84 Å². The minimum absolute atomic E-state index is 0. The van der Waals surface area contributed by atoms with E-state index in [-0.39, 0.29) is 42.6 Å². The Hall–Kier alpha value is -1.62. The van der Waals surface area contributed by atoms with Crippen molar-refractivity contribution in [1.82, 2.24) is 0 Å². The monoisotopic (exact) mass is 343 g/mol. The normalized spacial score (nSPS) is 14.9. The Morgan fingerprint density at radius 3 is 2.48 bits per heavy atom. The Morgan fingerprint density at radius 1 is 1.19 bits per heavy atom. The summed E-state index contributed by atoms with van der Waals surface area (Å²) in [5, 5.41) is 20.7. The summed E-state index contributed by atoms with van der Waals surface area (Å²) in [5.74, 6) is -1.60. The minimum Gasteiger partial charge on any atom is -0.507 e. The molecule has 1 aromatic rings. The van der Waals surface area contributed by atoms with Crippen molar-refractivity contribution in [3.8, 4) is 5.75 Å². The molecule has 2 rings (SSSR count). The molecule has 7 heteroatoms. The van der Waals surface area contributed by atoms with Crippen LogP contribution in [0.25, 0.3) is 0 Å². The van der Waals surface area contributed by atoms with Crippen LogP contribution in [-0.4, -0.2) is 28.4 Å². The largest absolute Gasteiger partial charge is 0.507 e. The fourth-order valence-electron chi connectivity index (χ4n) is 2.27. The molecule has 1 aliphatic rings. The number of carbonyl (C=O) groups excluding carboxylic acids is 1. The molecule has 6 nitrogen and oxygen atoms in total. The van der Waals surface area contributed by atoms with Gasteiger partial charge in [0.2, 0.25) is 0 Å². The van der Waals surface area contributed by atoms with Crippen LogP contribution in [0.5, 0.6) is 5.75 Å². The van der Waals surface area contributed by atoms with Crippen LogP contribution in [0, 0.1) is 0 Å². The number of anilines is 1. The quantitative estimate of drug-likeness (QED) is 0.578. The van der Waals surface area contributed by atoms with Gasteiger partial charge in [-0.1, -0.05) is 6.42 Å². The van der Waals surface area contributed by atoms with Gasteiger partial charge in [-0.2, -0.15) is 0 Å². The molecule has 1 aromatic carbocycles. The van der Waals surface area contributed by atoms with Crippen molar-refractivity contribution in [1.29, 1.82) is 0 Å². The van der Waals surface area contributed by atoms with E-state index in [0.717, 1.165) is 25.7 Å². The molecule has 0 spiro atoms. The predicted molar refractivity (Wildman–Crippen MR) is 72.0 cm³/mol. The number of rotatable bonds is 3. The number of ether oxygens (including phenoxy) is 1. The Morgan fingerprint density at radius 2 is 1.86 bits per heavy atom. The summed E-state index contributed by atoms with van der Waals surface area (Å²) < 4.78 is 5.27. The molecule has 110 valence electrons. The van der Waals surface area contributed by atoms with Gasteiger partial charge in [-0.15, -0.1) is 0 Å². The van der Waals surface area contributed by atoms with E-state index < -0.39 is 12.1 Å². The number of hydrogen-bond donors (Lipinski definition) is 3. The zero-order valence-corrected chi connectivity index (χ0v) is 14.6. The molecule has 1 saturated carbocycles. The van der Waals surface area contributed by atoms with E-state index in [9.17, 15) is 14.7 Å². The summed E-state index contributed by atoms with van der Waals surface area (Å²) in [6.07, 6.45) is 4.34. The number of aromatic carboxylic acids is 1. The van der Waals surface area contributed by atoms with Gasteiger partial charge in [-0.25, -0.2) is 9.59 Å². The van der Waals surface area contributed by atoms with E-state index in [1.807, 2.05) is 0 Å². The van der Waals surface area contributed by atoms with Gasteiger partial charge in [0, 0.05) is 25.2 Å². The smallest absolute Gasteiger partial charge is 0.411 e. The minimum atomic E-state index is -1.26. The summed E-state index contributed by atoms with van der Waals surface area (Å²) in [7, 11) is 0. The van der Waals surface area contributed by atoms with Gasteiger partial charge in [0.25, 0.3) is 0 Å². The molecule has 0 bridgehead atoms. The van der Waals surface area contributed by atoms with Crippen molar-refractivity contribution in [3.63, 3.8) is 0 Å². The Labute approximate surface area is 135 Å². The third kappa shape index (κ3) is 5.01. The number of carbonyl (C=O) groups is 2. The Balaban J connectivity index is 0.00000220. The maximum absolute atomic E-state index is 11.7. The molecule has 0 saturated heterocycles. The molecule has 0 heterocycles. The molecule has 0 aliphatic heterocycles. The van der Waals surface area contributed by atoms with E-state index >= 15 is 0 Å². The summed E-state index contributed by atoms with van der Waals surface area (Å²) >= 11 is 0. The van der Waals surface area contributed by atoms with E-state index in [1.165, 1.54) is 24.6 Å². The van der Waals surface area contributed by atoms with Gasteiger partial charge in [0.15, 0.2) is 0 Å². The fourth-order valence-corrected chi connectivity index (χ4v) is 2.27. The van der Waals surface area contributed by atoms with Crippen molar-refractivity contribution < 1.29 is 44.0 Å². The second kappa shape index (κ2) is 7.98. The van der Waals surface area contributed by atoms with Crippen LogP contribution in [0.2, 0.25) is 0 Å². The molecule has 0 atom stereocenters. The third-order valence-electron chi connectivity index (χ3n) is 3.30. The van der Waals surface area contributed by atoms with Crippen LogP contribution in [0.1, 0.15) is 42.5 Å². The van der Waals surface area contributed by atoms with Crippen molar-refractivity contribution in [2.24, 2.45) is 0 Å². The molecule has 1 aliphatic carbocycles. The first-order chi connectivity index (χ1) is 9.56. The van der Waals surface area contributed by atoms with Crippen LogP contribution >= 0.6 is 0 Å². The van der Waals surface area contributed by atoms with E-state index in [2.05, 4.69) is 5.32 Å². The molecule has 0 radical (unpaired) electrons. The zero-order chi connectivity index (χ0) is 14.5. The van der Waals surface area contributed by atoms with Crippen molar-refractivity contribution in [2.45, 2.75) is 38.2 Å². The van der Waals surface area contributed by atoms with Gasteiger partial charge >= 0.3 is 12.1 Å². The number of carboxylic acids is 1. The van der Waals surface area contributed by atoms with Gasteiger partial charge in [-0.05, 0) is 43.9 Å². The number of carboxylic acid groups (broad SMARTS) is 1. The summed E-state index contributed by atoms with van der Waals surface area (Å²) in [6, 6.07) is 3.84. The zero-order valence-electron chi connectivity index (χ0n) is 11.7. The van der Waals surface area contributed by atoms with Crippen LogP contribution in [0.4, 0.5) is 10.5 Å². The van der Waals surface area contributed by atoms with Crippen LogP contribution < -0.4 is 5.32 Å². The summed E-state index contributed by atoms with van der Waals surface area (Å²) in [5.41, 5.74) is 0.0153. The van der Waals surface area contributed by atoms with E-state index in [0.29, 0.717) is 0 Å². The molecule has 3 N–H and O–H groups in total. The first-order valence-electron chi connectivity index (χ1n) is 6.60. The maximum Gasteiger partial charge on any atom is 0.411 e. The molecular formula is C14H17NO5Zn. The van der Waals surface area contributed by atoms with Crippen molar-refractivity contribution in [3.05, 3.63) is 23.8 Å². The molecular weight excluding hydrogens is 328 g/mol. The van der Waals surface area contributed by atoms with Crippen molar-refractivity contribution in [2.75, 3.05) is 5.32 Å². The molecule has 1 fully saturated rings. The second-order valence-electron chi connectivity index (χ2n) is 4.83. The maximum atomic E-state index is 11.7. The molecule has 0 unspecified atom stereocenters. The van der Waals surface area contributed by atoms with Gasteiger partial charge in [-0.3, -0.25) is 5.32 Å². The Kier molecular flexibility index (Phi) is 6.63. The van der Waals surface area contributed by atoms with Gasteiger partial charge in [0.1, 0.15) is 17.4 Å². The second-order valence-corrected chi connectivity index (χ2v) is 4.83. The van der Waals surface area contributed by atoms with Crippen LogP contribution in [0.3, 0.4) is 0 Å². The first-order valence-corrected chi connectivity index (χ1v) is 6.60. The predicted octanol–water partition coefficient (Wildman–Crippen LogP) is 2.97. The van der Waals surface area contributed by atoms with Crippen LogP contribution in [0.15, 0.2) is 18.2 Å². The SMILES string of the molecule is O=C(Nc1ccc(O)c(C(=O)O)c1)OC1CCCCC1.[Zn]. The molecule has 1 amide bonds. The van der Waals surface area contributed by atoms with Gasteiger partial charge in [0.05, 0.1) is 0 Å². The number of amides is 1. The summed E-state index contributed by atoms with van der Waals surface area (Å²) in [6.45, 7) is 0. The van der Waals surface area contributed by atoms with Crippen molar-refractivity contribution >= 4 is 17.7 Å². The average molecular weight is 345 g/mol. The Bertz CT molecular complexity index is 514. The number of hydrogen-bond acceptors (Lipinski definition) is 4. The standard InChI is InChI=1S/C14H17NO5.Zn/c16-12-7-6-9(8-11(12)13(17)18)15-14(19)20-10-4-2-1-3-5-10;/h6-8,10,16H,1-5H2,(H,15,19)(H,17,18);. The van der Waals surface area contributed by atoms with E-state index in [1.54, 1.807) is 0 Å². The number of phenols is 1. The molecule has 0 aromatic heterocycles. The van der Waals surface area contributed by atoms with Crippen LogP contribution in [-0.2, 0) is 24.2 Å². The number of aromatic hydroxyl groups is 1. The third-order valence-corrected chi connectivity index (χ3v) is 3.30. The number of nitrogens with one attached hydrogen (secondary N) is 1. The average Bonchev–Trinajstić information content (AvgIpc) is 2.41. The van der Waals surface area contributed by atoms with Gasteiger partial charge < -0.3 is 14.9 Å². The number of benzene rings is 1. The first kappa shape index (κ1) is 17.4. The summed E-state index contributed by atoms with van der Waals surface area (Å²) in [4.78, 5) is 22.6. The molecule has 21 heavy (non-hydrogen) atoms.